The Balaban J connectivity index is 1.59. The van der Waals surface area contributed by atoms with Crippen molar-refractivity contribution in [3.05, 3.63) is 0 Å². The van der Waals surface area contributed by atoms with Crippen LogP contribution in [0.2, 0.25) is 0 Å². The lowest BCUT2D eigenvalue weighted by atomic mass is 9.41. The van der Waals surface area contributed by atoms with E-state index >= 15 is 0 Å². The Hall–Kier alpha value is -0.940. The number of hydrogen-bond acceptors (Lipinski definition) is 5. The molecule has 0 aromatic carbocycles. The molecule has 3 N–H and O–H groups in total. The Morgan fingerprint density at radius 3 is 2.71 bits per heavy atom. The molecule has 4 saturated carbocycles. The summed E-state index contributed by atoms with van der Waals surface area (Å²) in [5.41, 5.74) is 5.78. The minimum Gasteiger partial charge on any atom is -0.394 e. The van der Waals surface area contributed by atoms with Crippen molar-refractivity contribution in [3.63, 3.8) is 0 Å². The quantitative estimate of drug-likeness (QED) is 0.720. The summed E-state index contributed by atoms with van der Waals surface area (Å²) in [5, 5.41) is 16.2. The van der Waals surface area contributed by atoms with Crippen LogP contribution in [0, 0.1) is 34.5 Å². The van der Waals surface area contributed by atoms with Gasteiger partial charge in [-0.1, -0.05) is 25.9 Å². The maximum absolute atomic E-state index is 12.6. The van der Waals surface area contributed by atoms with E-state index in [0.29, 0.717) is 42.5 Å². The van der Waals surface area contributed by atoms with Crippen LogP contribution in [-0.4, -0.2) is 34.9 Å². The van der Waals surface area contributed by atoms with Gasteiger partial charge in [0.05, 0.1) is 11.3 Å². The van der Waals surface area contributed by atoms with Crippen molar-refractivity contribution in [1.82, 2.24) is 0 Å². The third-order valence-corrected chi connectivity index (χ3v) is 9.20. The largest absolute Gasteiger partial charge is 0.394 e. The van der Waals surface area contributed by atoms with Gasteiger partial charge in [0.15, 0.2) is 0 Å². The second-order valence-corrected chi connectivity index (χ2v) is 10.9. The number of Topliss-reactive ketones (excluding diaryl/α,β-unsaturated/α-hetero) is 1. The number of carbonyl (C=O) groups is 1. The number of oxime groups is 1. The van der Waals surface area contributed by atoms with Gasteiger partial charge >= 0.3 is 0 Å². The Morgan fingerprint density at radius 2 is 2.00 bits per heavy atom. The SMILES string of the molecule is CC(N)CO/N=C1/CC[C@]2(C)[C@H]3CC[C@]4(C)C(=O)CC[C@H]4[C@@H]3[C@H](C)C[C@@]2(O)C1. The fraction of sp³-hybridized carbons (Fsp3) is 0.913. The van der Waals surface area contributed by atoms with E-state index < -0.39 is 5.60 Å². The molecule has 0 heterocycles. The number of rotatable bonds is 3. The van der Waals surface area contributed by atoms with Crippen molar-refractivity contribution in [2.75, 3.05) is 6.61 Å². The van der Waals surface area contributed by atoms with Crippen molar-refractivity contribution in [3.8, 4) is 0 Å². The molecule has 8 atom stereocenters. The van der Waals surface area contributed by atoms with Crippen molar-refractivity contribution < 1.29 is 14.7 Å². The second-order valence-electron chi connectivity index (χ2n) is 10.9. The van der Waals surface area contributed by atoms with Gasteiger partial charge in [-0.3, -0.25) is 4.79 Å². The van der Waals surface area contributed by atoms with Crippen LogP contribution in [0.5, 0.6) is 0 Å². The zero-order valence-corrected chi connectivity index (χ0v) is 18.0. The van der Waals surface area contributed by atoms with Gasteiger partial charge in [0.25, 0.3) is 0 Å². The molecule has 4 rings (SSSR count). The molecule has 0 radical (unpaired) electrons. The number of aliphatic hydroxyl groups is 1. The van der Waals surface area contributed by atoms with E-state index in [0.717, 1.165) is 50.7 Å². The standard InChI is InChI=1S/C23H38N2O3/c1-14-11-23(27)12-16(25-28-13-15(2)24)7-10-22(23,4)18-8-9-21(3)17(20(14)18)5-6-19(21)26/h14-15,17-18,20,27H,5-13,24H2,1-4H3/b25-16-/t14-,15?,17+,18+,20+,21+,22-,23-/m1/s1. The average molecular weight is 391 g/mol. The third kappa shape index (κ3) is 2.87. The van der Waals surface area contributed by atoms with Crippen LogP contribution in [-0.2, 0) is 9.63 Å². The maximum Gasteiger partial charge on any atom is 0.139 e. The Bertz CT molecular complexity index is 677. The van der Waals surface area contributed by atoms with E-state index in [1.807, 2.05) is 6.92 Å². The van der Waals surface area contributed by atoms with E-state index in [9.17, 15) is 9.90 Å². The van der Waals surface area contributed by atoms with Crippen molar-refractivity contribution >= 4 is 11.5 Å². The molecule has 5 nitrogen and oxygen atoms in total. The first-order valence-corrected chi connectivity index (χ1v) is 11.3. The lowest BCUT2D eigenvalue weighted by Gasteiger charge is -2.64. The fourth-order valence-electron chi connectivity index (χ4n) is 7.60. The summed E-state index contributed by atoms with van der Waals surface area (Å²) in [6, 6.07) is -0.0394. The monoisotopic (exact) mass is 390 g/mol. The second kappa shape index (κ2) is 6.80. The van der Waals surface area contributed by atoms with Crippen LogP contribution >= 0.6 is 0 Å². The molecule has 4 aliphatic carbocycles. The third-order valence-electron chi connectivity index (χ3n) is 9.20. The van der Waals surface area contributed by atoms with Crippen LogP contribution in [0.1, 0.15) is 79.1 Å². The van der Waals surface area contributed by atoms with Crippen molar-refractivity contribution in [1.29, 1.82) is 0 Å². The fourth-order valence-corrected chi connectivity index (χ4v) is 7.60. The molecule has 28 heavy (non-hydrogen) atoms. The summed E-state index contributed by atoms with van der Waals surface area (Å²) in [6.45, 7) is 9.16. The predicted octanol–water partition coefficient (Wildman–Crippen LogP) is 3.68. The molecule has 4 fully saturated rings. The molecule has 0 aliphatic heterocycles. The summed E-state index contributed by atoms with van der Waals surface area (Å²) < 4.78 is 0. The minimum absolute atomic E-state index is 0.0394. The average Bonchev–Trinajstić information content (AvgIpc) is 2.91. The molecule has 158 valence electrons. The zero-order valence-electron chi connectivity index (χ0n) is 18.0. The van der Waals surface area contributed by atoms with E-state index in [-0.39, 0.29) is 16.9 Å². The topological polar surface area (TPSA) is 84.9 Å². The van der Waals surface area contributed by atoms with Crippen LogP contribution in [0.25, 0.3) is 0 Å². The van der Waals surface area contributed by atoms with E-state index in [2.05, 4.69) is 25.9 Å². The summed E-state index contributed by atoms with van der Waals surface area (Å²) in [4.78, 5) is 18.1. The number of nitrogens with zero attached hydrogens (tertiary/aromatic N) is 1. The lowest BCUT2D eigenvalue weighted by Crippen LogP contribution is -2.64. The minimum atomic E-state index is -0.723. The van der Waals surface area contributed by atoms with Gasteiger partial charge in [-0.25, -0.2) is 0 Å². The molecule has 1 unspecified atom stereocenters. The molecule has 0 bridgehead atoms. The Kier molecular flexibility index (Phi) is 4.94. The molecule has 4 aliphatic rings. The predicted molar refractivity (Wildman–Crippen MR) is 110 cm³/mol. The number of hydrogen-bond donors (Lipinski definition) is 2. The molecule has 0 aromatic heterocycles. The van der Waals surface area contributed by atoms with Crippen LogP contribution in [0.3, 0.4) is 0 Å². The molecule has 5 heteroatoms. The Labute approximate surface area is 169 Å². The summed E-state index contributed by atoms with van der Waals surface area (Å²) in [6.07, 6.45) is 7.12. The molecular weight excluding hydrogens is 352 g/mol. The zero-order chi connectivity index (χ0) is 20.3. The molecular formula is C23H38N2O3. The van der Waals surface area contributed by atoms with Gasteiger partial charge in [0.1, 0.15) is 12.4 Å². The van der Waals surface area contributed by atoms with Gasteiger partial charge in [-0.2, -0.15) is 0 Å². The normalized spacial score (nSPS) is 50.6. The Morgan fingerprint density at radius 1 is 1.25 bits per heavy atom. The van der Waals surface area contributed by atoms with Gasteiger partial charge in [-0.15, -0.1) is 0 Å². The van der Waals surface area contributed by atoms with E-state index in [1.54, 1.807) is 0 Å². The van der Waals surface area contributed by atoms with Gasteiger partial charge in [0.2, 0.25) is 0 Å². The highest BCUT2D eigenvalue weighted by Crippen LogP contribution is 2.67. The van der Waals surface area contributed by atoms with E-state index in [4.69, 9.17) is 10.6 Å². The smallest absolute Gasteiger partial charge is 0.139 e. The van der Waals surface area contributed by atoms with Gasteiger partial charge in [-0.05, 0) is 69.1 Å². The van der Waals surface area contributed by atoms with Crippen LogP contribution < -0.4 is 5.73 Å². The maximum atomic E-state index is 12.6. The van der Waals surface area contributed by atoms with Gasteiger partial charge < -0.3 is 15.7 Å². The molecule has 0 aromatic rings. The highest BCUT2D eigenvalue weighted by Gasteiger charge is 2.66. The molecule has 0 saturated heterocycles. The van der Waals surface area contributed by atoms with E-state index in [1.165, 1.54) is 0 Å². The van der Waals surface area contributed by atoms with Crippen molar-refractivity contribution in [2.24, 2.45) is 45.4 Å². The first-order chi connectivity index (χ1) is 13.1. The highest BCUT2D eigenvalue weighted by molar-refractivity contribution is 5.87. The number of carbonyl (C=O) groups excluding carboxylic acids is 1. The molecule has 0 amide bonds. The first-order valence-electron chi connectivity index (χ1n) is 11.3. The molecule has 0 spiro atoms. The first kappa shape index (κ1) is 20.3. The summed E-state index contributed by atoms with van der Waals surface area (Å²) in [7, 11) is 0. The number of ketones is 1. The van der Waals surface area contributed by atoms with Gasteiger partial charge in [0, 0.05) is 29.7 Å². The van der Waals surface area contributed by atoms with Crippen LogP contribution in [0.4, 0.5) is 0 Å². The summed E-state index contributed by atoms with van der Waals surface area (Å²) in [5.74, 6) is 2.47. The number of fused-ring (bicyclic) bond motifs is 5. The lowest BCUT2D eigenvalue weighted by molar-refractivity contribution is -0.206. The summed E-state index contributed by atoms with van der Waals surface area (Å²) >= 11 is 0. The number of nitrogens with two attached hydrogens (primary N) is 1. The van der Waals surface area contributed by atoms with Crippen molar-refractivity contribution in [2.45, 2.75) is 90.7 Å². The van der Waals surface area contributed by atoms with Crippen LogP contribution in [0.15, 0.2) is 5.16 Å². The highest BCUT2D eigenvalue weighted by atomic mass is 16.6.